The highest BCUT2D eigenvalue weighted by Crippen LogP contribution is 2.30. The molecule has 1 aliphatic rings. The average molecular weight is 382 g/mol. The van der Waals surface area contributed by atoms with E-state index in [2.05, 4.69) is 4.98 Å². The average Bonchev–Trinajstić information content (AvgIpc) is 2.82. The van der Waals surface area contributed by atoms with Gasteiger partial charge in [-0.05, 0) is 13.3 Å². The number of H-pyrrole nitrogens is 1. The van der Waals surface area contributed by atoms with E-state index in [4.69, 9.17) is 9.47 Å². The van der Waals surface area contributed by atoms with Crippen molar-refractivity contribution in [2.45, 2.75) is 37.9 Å². The summed E-state index contributed by atoms with van der Waals surface area (Å²) < 4.78 is 45.2. The van der Waals surface area contributed by atoms with Crippen molar-refractivity contribution in [1.29, 1.82) is 0 Å². The van der Waals surface area contributed by atoms with Crippen LogP contribution in [0.2, 0.25) is 0 Å². The van der Waals surface area contributed by atoms with Crippen LogP contribution in [-0.4, -0.2) is 65.5 Å². The van der Waals surface area contributed by atoms with E-state index >= 15 is 0 Å². The number of hydrogen-bond donors (Lipinski definition) is 3. The highest BCUT2D eigenvalue weighted by molar-refractivity contribution is 7.86. The fourth-order valence-corrected chi connectivity index (χ4v) is 2.96. The third kappa shape index (κ3) is 4.73. The molecule has 0 unspecified atom stereocenters. The Balaban J connectivity index is 2.20. The third-order valence-corrected chi connectivity index (χ3v) is 4.53. The number of aromatic amines is 1. The van der Waals surface area contributed by atoms with Gasteiger partial charge in [0.25, 0.3) is 5.56 Å². The van der Waals surface area contributed by atoms with Crippen molar-refractivity contribution >= 4 is 10.2 Å². The number of aryl methyl sites for hydroxylation is 1. The van der Waals surface area contributed by atoms with Crippen LogP contribution in [0.5, 0.6) is 0 Å². The minimum absolute atomic E-state index is 0.169. The van der Waals surface area contributed by atoms with Gasteiger partial charge in [-0.15, -0.1) is 3.89 Å². The lowest BCUT2D eigenvalue weighted by molar-refractivity contribution is -0.0742. The molecule has 25 heavy (non-hydrogen) atoms. The van der Waals surface area contributed by atoms with E-state index in [-0.39, 0.29) is 18.6 Å². The minimum Gasteiger partial charge on any atom is -0.394 e. The summed E-state index contributed by atoms with van der Waals surface area (Å²) in [5.41, 5.74) is -1.16. The quantitative estimate of drug-likeness (QED) is 0.368. The van der Waals surface area contributed by atoms with Gasteiger partial charge in [0.1, 0.15) is 18.3 Å². The molecule has 2 heterocycles. The topological polar surface area (TPSA) is 148 Å². The second-order valence-corrected chi connectivity index (χ2v) is 7.13. The molecule has 10 nitrogen and oxygen atoms in total. The van der Waals surface area contributed by atoms with Crippen LogP contribution in [0.1, 0.15) is 18.2 Å². The van der Waals surface area contributed by atoms with Gasteiger partial charge in [0.2, 0.25) is 0 Å². The van der Waals surface area contributed by atoms with Gasteiger partial charge in [0.05, 0.1) is 12.4 Å². The first-order valence-electron chi connectivity index (χ1n) is 7.44. The van der Waals surface area contributed by atoms with Crippen LogP contribution in [0.3, 0.4) is 0 Å². The molecule has 1 aromatic rings. The second kappa shape index (κ2) is 7.74. The van der Waals surface area contributed by atoms with Crippen LogP contribution in [0, 0.1) is 6.92 Å². The molecule has 1 saturated heterocycles. The summed E-state index contributed by atoms with van der Waals surface area (Å²) in [7, 11) is -4.64. The molecule has 4 atom stereocenters. The van der Waals surface area contributed by atoms with Crippen LogP contribution in [0.4, 0.5) is 3.89 Å². The van der Waals surface area contributed by atoms with E-state index in [1.54, 1.807) is 0 Å². The molecule has 3 N–H and O–H groups in total. The standard InChI is InChI=1S/C13H19FN2O8S/c1-7-5-16(13(20)15-11(7)19)12-10(9(18)8(6-17)24-12)23-3-2-4-25(14,21)22/h5,8-10,12,17-18H,2-4,6H2,1H3,(H,15,19,20)/t8-,9-,10-,12-/m1/s1. The Morgan fingerprint density at radius 3 is 2.72 bits per heavy atom. The monoisotopic (exact) mass is 382 g/mol. The number of aliphatic hydroxyl groups is 2. The first-order chi connectivity index (χ1) is 11.6. The maximum atomic E-state index is 12.5. The first-order valence-corrected chi connectivity index (χ1v) is 8.99. The number of nitrogens with zero attached hydrogens (tertiary/aromatic N) is 1. The van der Waals surface area contributed by atoms with Crippen molar-refractivity contribution in [3.05, 3.63) is 32.6 Å². The molecule has 0 aliphatic carbocycles. The molecule has 0 aromatic carbocycles. The molecule has 0 amide bonds. The van der Waals surface area contributed by atoms with Gasteiger partial charge in [-0.25, -0.2) is 4.79 Å². The molecule has 12 heteroatoms. The zero-order chi connectivity index (χ0) is 18.8. The Labute approximate surface area is 142 Å². The van der Waals surface area contributed by atoms with E-state index in [1.165, 1.54) is 13.1 Å². The molecule has 0 spiro atoms. The SMILES string of the molecule is Cc1cn([C@@H]2O[C@H](CO)[C@@H](O)[C@H]2OCCCS(=O)(=O)F)c(=O)[nH]c1=O. The van der Waals surface area contributed by atoms with E-state index < -0.39 is 58.4 Å². The van der Waals surface area contributed by atoms with E-state index in [0.717, 1.165) is 4.57 Å². The maximum absolute atomic E-state index is 12.5. The van der Waals surface area contributed by atoms with Gasteiger partial charge < -0.3 is 19.7 Å². The Morgan fingerprint density at radius 2 is 2.12 bits per heavy atom. The fourth-order valence-electron chi connectivity index (χ4n) is 2.50. The van der Waals surface area contributed by atoms with E-state index in [9.17, 15) is 32.1 Å². The molecule has 0 bridgehead atoms. The molecular weight excluding hydrogens is 363 g/mol. The number of aromatic nitrogens is 2. The second-order valence-electron chi connectivity index (χ2n) is 5.65. The Hall–Kier alpha value is -1.60. The van der Waals surface area contributed by atoms with Crippen LogP contribution in [-0.2, 0) is 19.7 Å². The largest absolute Gasteiger partial charge is 0.394 e. The normalized spacial score (nSPS) is 26.9. The van der Waals surface area contributed by atoms with Gasteiger partial charge in [0, 0.05) is 18.4 Å². The Bertz CT molecular complexity index is 820. The van der Waals surface area contributed by atoms with Crippen molar-refractivity contribution in [2.75, 3.05) is 19.0 Å². The van der Waals surface area contributed by atoms with Crippen LogP contribution in [0.15, 0.2) is 15.8 Å². The maximum Gasteiger partial charge on any atom is 0.330 e. The summed E-state index contributed by atoms with van der Waals surface area (Å²) in [4.78, 5) is 25.5. The van der Waals surface area contributed by atoms with Gasteiger partial charge in [-0.2, -0.15) is 8.42 Å². The van der Waals surface area contributed by atoms with E-state index in [1.807, 2.05) is 0 Å². The summed E-state index contributed by atoms with van der Waals surface area (Å²) in [5, 5.41) is 19.4. The zero-order valence-electron chi connectivity index (χ0n) is 13.3. The molecule has 0 saturated carbocycles. The number of rotatable bonds is 7. The molecule has 142 valence electrons. The summed E-state index contributed by atoms with van der Waals surface area (Å²) in [6.45, 7) is 0.694. The van der Waals surface area contributed by atoms with Crippen molar-refractivity contribution in [1.82, 2.24) is 9.55 Å². The lowest BCUT2D eigenvalue weighted by Gasteiger charge is -2.22. The Kier molecular flexibility index (Phi) is 6.11. The predicted molar refractivity (Wildman–Crippen MR) is 82.3 cm³/mol. The number of aliphatic hydroxyl groups excluding tert-OH is 2. The van der Waals surface area contributed by atoms with Gasteiger partial charge >= 0.3 is 15.9 Å². The zero-order valence-corrected chi connectivity index (χ0v) is 14.1. The Morgan fingerprint density at radius 1 is 1.44 bits per heavy atom. The summed E-state index contributed by atoms with van der Waals surface area (Å²) in [6, 6.07) is 0. The van der Waals surface area contributed by atoms with Crippen molar-refractivity contribution in [3.8, 4) is 0 Å². The smallest absolute Gasteiger partial charge is 0.330 e. The molecule has 0 radical (unpaired) electrons. The van der Waals surface area contributed by atoms with Gasteiger partial charge in [-0.1, -0.05) is 0 Å². The van der Waals surface area contributed by atoms with Crippen LogP contribution in [0.25, 0.3) is 0 Å². The predicted octanol–water partition coefficient (Wildman–Crippen LogP) is -1.83. The van der Waals surface area contributed by atoms with Crippen LogP contribution < -0.4 is 11.2 Å². The van der Waals surface area contributed by atoms with Crippen molar-refractivity contribution < 1.29 is 32.0 Å². The summed E-state index contributed by atoms with van der Waals surface area (Å²) in [5.74, 6) is -0.748. The fraction of sp³-hybridized carbons (Fsp3) is 0.692. The minimum atomic E-state index is -4.64. The number of ether oxygens (including phenoxy) is 2. The van der Waals surface area contributed by atoms with Crippen molar-refractivity contribution in [3.63, 3.8) is 0 Å². The van der Waals surface area contributed by atoms with E-state index in [0.29, 0.717) is 0 Å². The third-order valence-electron chi connectivity index (χ3n) is 3.76. The van der Waals surface area contributed by atoms with Gasteiger partial charge in [-0.3, -0.25) is 14.3 Å². The molecular formula is C13H19FN2O8S. The number of hydrogen-bond acceptors (Lipinski definition) is 8. The number of halogens is 1. The summed E-state index contributed by atoms with van der Waals surface area (Å²) >= 11 is 0. The van der Waals surface area contributed by atoms with Crippen molar-refractivity contribution in [2.24, 2.45) is 0 Å². The molecule has 1 aromatic heterocycles. The first kappa shape index (κ1) is 19.7. The molecule has 2 rings (SSSR count). The molecule has 1 fully saturated rings. The van der Waals surface area contributed by atoms with Crippen LogP contribution >= 0.6 is 0 Å². The molecule has 1 aliphatic heterocycles. The van der Waals surface area contributed by atoms with Gasteiger partial charge in [0.15, 0.2) is 6.23 Å². The summed E-state index contributed by atoms with van der Waals surface area (Å²) in [6.07, 6.45) is -3.58. The highest BCUT2D eigenvalue weighted by Gasteiger charge is 2.45. The number of nitrogens with one attached hydrogen (secondary N) is 1. The lowest BCUT2D eigenvalue weighted by Crippen LogP contribution is -2.40. The highest BCUT2D eigenvalue weighted by atomic mass is 32.3. The lowest BCUT2D eigenvalue weighted by atomic mass is 10.1.